The van der Waals surface area contributed by atoms with E-state index >= 15 is 0 Å². The Morgan fingerprint density at radius 1 is 1.17 bits per heavy atom. The molecule has 2 aromatic carbocycles. The van der Waals surface area contributed by atoms with E-state index in [-0.39, 0.29) is 30.5 Å². The van der Waals surface area contributed by atoms with Crippen LogP contribution in [0.4, 0.5) is 20.2 Å². The molecule has 1 aliphatic carbocycles. The topological polar surface area (TPSA) is 75.4 Å². The molecular weight excluding hydrogens is 380 g/mol. The van der Waals surface area contributed by atoms with Gasteiger partial charge >= 0.3 is 0 Å². The second kappa shape index (κ2) is 6.65. The third-order valence-electron chi connectivity index (χ3n) is 5.29. The monoisotopic (exact) mass is 397 g/mol. The summed E-state index contributed by atoms with van der Waals surface area (Å²) in [5, 5.41) is 2.79. The second-order valence-corrected chi connectivity index (χ2v) is 7.50. The van der Waals surface area contributed by atoms with Gasteiger partial charge in [0.15, 0.2) is 11.5 Å². The minimum atomic E-state index is -0.831. The Morgan fingerprint density at radius 2 is 2.00 bits per heavy atom. The Bertz CT molecular complexity index is 1140. The zero-order valence-electron chi connectivity index (χ0n) is 15.3. The molecule has 0 spiro atoms. The van der Waals surface area contributed by atoms with Crippen molar-refractivity contribution in [3.63, 3.8) is 0 Å². The van der Waals surface area contributed by atoms with Crippen LogP contribution in [0, 0.1) is 17.6 Å². The summed E-state index contributed by atoms with van der Waals surface area (Å²) in [6, 6.07) is 8.22. The van der Waals surface area contributed by atoms with Gasteiger partial charge in [0, 0.05) is 30.6 Å². The van der Waals surface area contributed by atoms with Crippen molar-refractivity contribution in [2.75, 3.05) is 16.8 Å². The van der Waals surface area contributed by atoms with Crippen molar-refractivity contribution < 1.29 is 22.8 Å². The summed E-state index contributed by atoms with van der Waals surface area (Å²) >= 11 is 0. The first kappa shape index (κ1) is 17.8. The lowest BCUT2D eigenvalue weighted by Crippen LogP contribution is -2.28. The third kappa shape index (κ3) is 3.35. The van der Waals surface area contributed by atoms with Gasteiger partial charge in [-0.05, 0) is 43.2 Å². The van der Waals surface area contributed by atoms with Crippen LogP contribution >= 0.6 is 0 Å². The first-order valence-electron chi connectivity index (χ1n) is 9.45. The van der Waals surface area contributed by atoms with Crippen LogP contribution in [0.3, 0.4) is 0 Å². The molecule has 1 unspecified atom stereocenters. The van der Waals surface area contributed by atoms with Crippen molar-refractivity contribution >= 4 is 34.3 Å². The minimum absolute atomic E-state index is 0.0247. The summed E-state index contributed by atoms with van der Waals surface area (Å²) in [5.74, 6) is -1.79. The van der Waals surface area contributed by atoms with Gasteiger partial charge in [0.25, 0.3) is 0 Å². The van der Waals surface area contributed by atoms with Crippen molar-refractivity contribution in [3.8, 4) is 0 Å². The molecule has 5 rings (SSSR count). The van der Waals surface area contributed by atoms with Gasteiger partial charge in [-0.2, -0.15) is 0 Å². The van der Waals surface area contributed by atoms with E-state index in [0.29, 0.717) is 22.7 Å². The van der Waals surface area contributed by atoms with Gasteiger partial charge in [0.1, 0.15) is 17.2 Å². The van der Waals surface area contributed by atoms with Gasteiger partial charge in [0.05, 0.1) is 11.6 Å². The van der Waals surface area contributed by atoms with E-state index in [2.05, 4.69) is 10.3 Å². The Kier molecular flexibility index (Phi) is 4.08. The number of nitrogens with zero attached hydrogens (tertiary/aromatic N) is 2. The lowest BCUT2D eigenvalue weighted by atomic mass is 10.1. The molecule has 1 N–H and O–H groups in total. The Morgan fingerprint density at radius 3 is 2.76 bits per heavy atom. The predicted molar refractivity (Wildman–Crippen MR) is 101 cm³/mol. The number of fused-ring (bicyclic) bond motifs is 1. The van der Waals surface area contributed by atoms with E-state index in [4.69, 9.17) is 4.42 Å². The van der Waals surface area contributed by atoms with Crippen molar-refractivity contribution in [2.45, 2.75) is 25.2 Å². The number of amides is 2. The molecule has 2 heterocycles. The molecule has 2 fully saturated rings. The summed E-state index contributed by atoms with van der Waals surface area (Å²) in [5.41, 5.74) is 1.86. The molecule has 1 atom stereocenters. The van der Waals surface area contributed by atoms with E-state index in [1.807, 2.05) is 0 Å². The standard InChI is InChI=1S/C21H17F2N3O3/c22-13-3-5-17(15(23)8-13)26-10-12(7-19(26)27)20(28)24-14-4-6-18-16(9-14)25-21(29-18)11-1-2-11/h3-6,8-9,11-12H,1-2,7,10H2,(H,24,28). The molecule has 1 saturated carbocycles. The molecule has 8 heteroatoms. The van der Waals surface area contributed by atoms with Crippen molar-refractivity contribution in [1.29, 1.82) is 0 Å². The fourth-order valence-corrected chi connectivity index (χ4v) is 3.59. The van der Waals surface area contributed by atoms with Gasteiger partial charge in [0.2, 0.25) is 11.8 Å². The molecule has 148 valence electrons. The molecule has 6 nitrogen and oxygen atoms in total. The largest absolute Gasteiger partial charge is 0.440 e. The van der Waals surface area contributed by atoms with Gasteiger partial charge in [-0.1, -0.05) is 0 Å². The first-order valence-corrected chi connectivity index (χ1v) is 9.45. The summed E-state index contributed by atoms with van der Waals surface area (Å²) in [4.78, 5) is 30.6. The molecule has 2 amide bonds. The fraction of sp³-hybridized carbons (Fsp3) is 0.286. The molecule has 0 bridgehead atoms. The number of aromatic nitrogens is 1. The third-order valence-corrected chi connectivity index (χ3v) is 5.29. The molecular formula is C21H17F2N3O3. The van der Waals surface area contributed by atoms with E-state index in [9.17, 15) is 18.4 Å². The van der Waals surface area contributed by atoms with Crippen LogP contribution in [0.5, 0.6) is 0 Å². The van der Waals surface area contributed by atoms with Crippen LogP contribution in [0.25, 0.3) is 11.1 Å². The number of nitrogens with one attached hydrogen (secondary N) is 1. The quantitative estimate of drug-likeness (QED) is 0.723. The Labute approximate surface area is 164 Å². The number of oxazole rings is 1. The molecule has 1 aromatic heterocycles. The normalized spacial score (nSPS) is 19.2. The number of carbonyl (C=O) groups is 2. The number of hydrogen-bond donors (Lipinski definition) is 1. The van der Waals surface area contributed by atoms with E-state index in [1.54, 1.807) is 18.2 Å². The molecule has 1 aliphatic heterocycles. The second-order valence-electron chi connectivity index (χ2n) is 7.50. The Hall–Kier alpha value is -3.29. The van der Waals surface area contributed by atoms with Gasteiger partial charge in [-0.15, -0.1) is 0 Å². The average Bonchev–Trinajstić information content (AvgIpc) is 3.34. The maximum atomic E-state index is 14.0. The number of carbonyl (C=O) groups excluding carboxylic acids is 2. The maximum Gasteiger partial charge on any atom is 0.229 e. The van der Waals surface area contributed by atoms with Crippen LogP contribution in [0.1, 0.15) is 31.1 Å². The van der Waals surface area contributed by atoms with E-state index in [1.165, 1.54) is 11.0 Å². The average molecular weight is 397 g/mol. The summed E-state index contributed by atoms with van der Waals surface area (Å²) < 4.78 is 32.8. The molecule has 29 heavy (non-hydrogen) atoms. The van der Waals surface area contributed by atoms with Crippen LogP contribution in [0.2, 0.25) is 0 Å². The zero-order valence-corrected chi connectivity index (χ0v) is 15.3. The molecule has 0 radical (unpaired) electrons. The summed E-state index contributed by atoms with van der Waals surface area (Å²) in [7, 11) is 0. The SMILES string of the molecule is O=C(Nc1ccc2oc(C3CC3)nc2c1)C1CC(=O)N(c2ccc(F)cc2F)C1. The van der Waals surface area contributed by atoms with Crippen LogP contribution < -0.4 is 10.2 Å². The number of anilines is 2. The molecule has 2 aliphatic rings. The van der Waals surface area contributed by atoms with Gasteiger partial charge in [-0.3, -0.25) is 9.59 Å². The highest BCUT2D eigenvalue weighted by Crippen LogP contribution is 2.40. The number of halogens is 2. The Balaban J connectivity index is 1.30. The first-order chi connectivity index (χ1) is 14.0. The van der Waals surface area contributed by atoms with E-state index in [0.717, 1.165) is 30.9 Å². The van der Waals surface area contributed by atoms with Crippen LogP contribution in [-0.4, -0.2) is 23.3 Å². The highest BCUT2D eigenvalue weighted by molar-refractivity contribution is 6.04. The van der Waals surface area contributed by atoms with Gasteiger partial charge in [-0.25, -0.2) is 13.8 Å². The maximum absolute atomic E-state index is 14.0. The van der Waals surface area contributed by atoms with Crippen molar-refractivity contribution in [3.05, 3.63) is 53.9 Å². The highest BCUT2D eigenvalue weighted by Gasteiger charge is 2.36. The molecule has 3 aromatic rings. The fourth-order valence-electron chi connectivity index (χ4n) is 3.59. The zero-order chi connectivity index (χ0) is 20.1. The number of benzene rings is 2. The minimum Gasteiger partial charge on any atom is -0.440 e. The number of hydrogen-bond acceptors (Lipinski definition) is 4. The van der Waals surface area contributed by atoms with Crippen molar-refractivity contribution in [1.82, 2.24) is 4.98 Å². The van der Waals surface area contributed by atoms with Crippen molar-refractivity contribution in [2.24, 2.45) is 5.92 Å². The van der Waals surface area contributed by atoms with Crippen LogP contribution in [0.15, 0.2) is 40.8 Å². The molecule has 1 saturated heterocycles. The lowest BCUT2D eigenvalue weighted by Gasteiger charge is -2.17. The van der Waals surface area contributed by atoms with Crippen LogP contribution in [-0.2, 0) is 9.59 Å². The number of rotatable bonds is 4. The lowest BCUT2D eigenvalue weighted by molar-refractivity contribution is -0.122. The predicted octanol–water partition coefficient (Wildman–Crippen LogP) is 3.98. The summed E-state index contributed by atoms with van der Waals surface area (Å²) in [6.07, 6.45) is 2.12. The smallest absolute Gasteiger partial charge is 0.229 e. The van der Waals surface area contributed by atoms with E-state index < -0.39 is 17.6 Å². The van der Waals surface area contributed by atoms with Gasteiger partial charge < -0.3 is 14.6 Å². The highest BCUT2D eigenvalue weighted by atomic mass is 19.1. The summed E-state index contributed by atoms with van der Waals surface area (Å²) in [6.45, 7) is 0.0330.